The number of nitrogens with zero attached hydrogens (tertiary/aromatic N) is 2. The third kappa shape index (κ3) is 2.33. The molecule has 1 saturated heterocycles. The van der Waals surface area contributed by atoms with Crippen molar-refractivity contribution < 1.29 is 22.7 Å². The van der Waals surface area contributed by atoms with Gasteiger partial charge < -0.3 is 5.11 Å². The Labute approximate surface area is 109 Å². The summed E-state index contributed by atoms with van der Waals surface area (Å²) in [5.74, 6) is -2.53. The Morgan fingerprint density at radius 3 is 2.84 bits per heavy atom. The number of carbonyl (C=O) groups is 1. The molecule has 0 spiro atoms. The molecule has 0 saturated carbocycles. The van der Waals surface area contributed by atoms with Crippen LogP contribution in [0.15, 0.2) is 23.4 Å². The molecule has 0 aliphatic carbocycles. The zero-order valence-electron chi connectivity index (χ0n) is 10.2. The van der Waals surface area contributed by atoms with E-state index < -0.39 is 32.9 Å². The summed E-state index contributed by atoms with van der Waals surface area (Å²) < 4.78 is 38.9. The molecule has 8 heteroatoms. The molecule has 1 aromatic rings. The van der Waals surface area contributed by atoms with Gasteiger partial charge in [-0.05, 0) is 24.5 Å². The number of carboxylic acid groups (broad SMARTS) is 1. The van der Waals surface area contributed by atoms with Crippen LogP contribution in [0, 0.1) is 11.7 Å². The van der Waals surface area contributed by atoms with Gasteiger partial charge in [-0.15, -0.1) is 0 Å². The van der Waals surface area contributed by atoms with Crippen LogP contribution < -0.4 is 0 Å². The molecule has 1 fully saturated rings. The first-order chi connectivity index (χ1) is 8.85. The highest BCUT2D eigenvalue weighted by Crippen LogP contribution is 2.30. The summed E-state index contributed by atoms with van der Waals surface area (Å²) in [6.07, 6.45) is 1.58. The van der Waals surface area contributed by atoms with Gasteiger partial charge in [-0.2, -0.15) is 4.31 Å². The Balaban J connectivity index is 2.46. The molecule has 1 aliphatic heterocycles. The van der Waals surface area contributed by atoms with Crippen LogP contribution in [0.5, 0.6) is 0 Å². The van der Waals surface area contributed by atoms with Gasteiger partial charge in [-0.1, -0.05) is 6.92 Å². The van der Waals surface area contributed by atoms with E-state index in [0.717, 1.165) is 16.6 Å². The standard InChI is InChI=1S/C11H13FN2O4S/c1-7-4-6-14(9(7)11(15)16)19(17,18)10-8(12)3-2-5-13-10/h2-3,5,7,9H,4,6H2,1H3,(H,15,16). The molecule has 104 valence electrons. The Morgan fingerprint density at radius 1 is 1.58 bits per heavy atom. The van der Waals surface area contributed by atoms with Gasteiger partial charge in [0, 0.05) is 12.7 Å². The normalized spacial score (nSPS) is 24.5. The number of sulfonamides is 1. The largest absolute Gasteiger partial charge is 0.480 e. The maximum Gasteiger partial charge on any atom is 0.322 e. The summed E-state index contributed by atoms with van der Waals surface area (Å²) in [5.41, 5.74) is 0. The van der Waals surface area contributed by atoms with Crippen molar-refractivity contribution in [3.05, 3.63) is 24.1 Å². The van der Waals surface area contributed by atoms with Gasteiger partial charge in [-0.25, -0.2) is 17.8 Å². The van der Waals surface area contributed by atoms with Crippen molar-refractivity contribution in [3.8, 4) is 0 Å². The fraction of sp³-hybridized carbons (Fsp3) is 0.455. The van der Waals surface area contributed by atoms with Crippen molar-refractivity contribution in [2.24, 2.45) is 5.92 Å². The number of rotatable bonds is 3. The second kappa shape index (κ2) is 4.86. The second-order valence-electron chi connectivity index (χ2n) is 4.46. The summed E-state index contributed by atoms with van der Waals surface area (Å²) >= 11 is 0. The summed E-state index contributed by atoms with van der Waals surface area (Å²) in [4.78, 5) is 14.7. The van der Waals surface area contributed by atoms with Crippen molar-refractivity contribution in [3.63, 3.8) is 0 Å². The lowest BCUT2D eigenvalue weighted by Crippen LogP contribution is -2.43. The van der Waals surface area contributed by atoms with Crippen LogP contribution in [0.25, 0.3) is 0 Å². The first-order valence-corrected chi connectivity index (χ1v) is 7.15. The van der Waals surface area contributed by atoms with E-state index in [4.69, 9.17) is 5.11 Å². The van der Waals surface area contributed by atoms with E-state index in [1.807, 2.05) is 0 Å². The van der Waals surface area contributed by atoms with Crippen LogP contribution >= 0.6 is 0 Å². The van der Waals surface area contributed by atoms with Crippen LogP contribution in [0.2, 0.25) is 0 Å². The SMILES string of the molecule is CC1CCN(S(=O)(=O)c2ncccc2F)C1C(=O)O. The van der Waals surface area contributed by atoms with E-state index in [-0.39, 0.29) is 12.5 Å². The number of aliphatic carboxylic acids is 1. The number of aromatic nitrogens is 1. The smallest absolute Gasteiger partial charge is 0.322 e. The van der Waals surface area contributed by atoms with Crippen LogP contribution in [0.4, 0.5) is 4.39 Å². The van der Waals surface area contributed by atoms with E-state index >= 15 is 0 Å². The average Bonchev–Trinajstić information content (AvgIpc) is 2.72. The highest BCUT2D eigenvalue weighted by Gasteiger charge is 2.45. The lowest BCUT2D eigenvalue weighted by atomic mass is 10.0. The van der Waals surface area contributed by atoms with Gasteiger partial charge in [-0.3, -0.25) is 4.79 Å². The summed E-state index contributed by atoms with van der Waals surface area (Å²) in [6, 6.07) is 1.08. The minimum absolute atomic E-state index is 0.0521. The lowest BCUT2D eigenvalue weighted by Gasteiger charge is -2.22. The molecule has 0 aromatic carbocycles. The highest BCUT2D eigenvalue weighted by molar-refractivity contribution is 7.89. The van der Waals surface area contributed by atoms with Gasteiger partial charge in [0.25, 0.3) is 10.0 Å². The Hall–Kier alpha value is -1.54. The molecule has 0 bridgehead atoms. The molecule has 2 atom stereocenters. The fourth-order valence-corrected chi connectivity index (χ4v) is 3.89. The predicted octanol–water partition coefficient (Wildman–Crippen LogP) is 0.704. The van der Waals surface area contributed by atoms with Crippen molar-refractivity contribution in [2.45, 2.75) is 24.4 Å². The number of halogens is 1. The van der Waals surface area contributed by atoms with Crippen LogP contribution in [0.1, 0.15) is 13.3 Å². The van der Waals surface area contributed by atoms with Crippen LogP contribution in [0.3, 0.4) is 0 Å². The molecule has 1 aromatic heterocycles. The Bertz CT molecular complexity index is 604. The van der Waals surface area contributed by atoms with E-state index in [2.05, 4.69) is 4.98 Å². The highest BCUT2D eigenvalue weighted by atomic mass is 32.2. The molecule has 1 aliphatic rings. The van der Waals surface area contributed by atoms with Crippen LogP contribution in [-0.2, 0) is 14.8 Å². The minimum atomic E-state index is -4.23. The van der Waals surface area contributed by atoms with E-state index in [1.54, 1.807) is 6.92 Å². The lowest BCUT2D eigenvalue weighted by molar-refractivity contribution is -0.141. The molecule has 2 unspecified atom stereocenters. The third-order valence-electron chi connectivity index (χ3n) is 3.18. The topological polar surface area (TPSA) is 87.6 Å². The minimum Gasteiger partial charge on any atom is -0.480 e. The molecule has 0 amide bonds. The summed E-state index contributed by atoms with van der Waals surface area (Å²) in [6.45, 7) is 1.71. The summed E-state index contributed by atoms with van der Waals surface area (Å²) in [7, 11) is -4.23. The zero-order chi connectivity index (χ0) is 14.2. The van der Waals surface area contributed by atoms with E-state index in [9.17, 15) is 17.6 Å². The number of hydrogen-bond acceptors (Lipinski definition) is 4. The molecule has 1 N–H and O–H groups in total. The van der Waals surface area contributed by atoms with Crippen molar-refractivity contribution in [1.29, 1.82) is 0 Å². The first kappa shape index (κ1) is 13.9. The average molecular weight is 288 g/mol. The van der Waals surface area contributed by atoms with Gasteiger partial charge in [0.1, 0.15) is 6.04 Å². The molecular formula is C11H13FN2O4S. The molecular weight excluding hydrogens is 275 g/mol. The number of pyridine rings is 1. The Kier molecular flexibility index (Phi) is 3.55. The van der Waals surface area contributed by atoms with Crippen molar-refractivity contribution in [2.75, 3.05) is 6.54 Å². The molecule has 2 heterocycles. The van der Waals surface area contributed by atoms with Gasteiger partial charge in [0.2, 0.25) is 5.03 Å². The maximum absolute atomic E-state index is 13.5. The van der Waals surface area contributed by atoms with Gasteiger partial charge in [0.15, 0.2) is 5.82 Å². The van der Waals surface area contributed by atoms with Gasteiger partial charge in [0.05, 0.1) is 0 Å². The second-order valence-corrected chi connectivity index (χ2v) is 6.26. The predicted molar refractivity (Wildman–Crippen MR) is 63.3 cm³/mol. The fourth-order valence-electron chi connectivity index (χ4n) is 2.22. The van der Waals surface area contributed by atoms with E-state index in [1.165, 1.54) is 6.07 Å². The third-order valence-corrected chi connectivity index (χ3v) is 5.00. The van der Waals surface area contributed by atoms with Gasteiger partial charge >= 0.3 is 5.97 Å². The maximum atomic E-state index is 13.5. The first-order valence-electron chi connectivity index (χ1n) is 5.71. The zero-order valence-corrected chi connectivity index (χ0v) is 11.0. The molecule has 2 rings (SSSR count). The number of carboxylic acids is 1. The van der Waals surface area contributed by atoms with Crippen molar-refractivity contribution in [1.82, 2.24) is 9.29 Å². The van der Waals surface area contributed by atoms with E-state index in [0.29, 0.717) is 6.42 Å². The summed E-state index contributed by atoms with van der Waals surface area (Å²) in [5, 5.41) is 8.39. The van der Waals surface area contributed by atoms with Crippen LogP contribution in [-0.4, -0.2) is 41.4 Å². The molecule has 19 heavy (non-hydrogen) atoms. The molecule has 6 nitrogen and oxygen atoms in total. The number of hydrogen-bond donors (Lipinski definition) is 1. The van der Waals surface area contributed by atoms with Crippen molar-refractivity contribution >= 4 is 16.0 Å². The monoisotopic (exact) mass is 288 g/mol. The molecule has 0 radical (unpaired) electrons. The quantitative estimate of drug-likeness (QED) is 0.884. The Morgan fingerprint density at radius 2 is 2.26 bits per heavy atom.